The summed E-state index contributed by atoms with van der Waals surface area (Å²) in [6.07, 6.45) is 6.94. The van der Waals surface area contributed by atoms with E-state index in [-0.39, 0.29) is 5.75 Å². The highest BCUT2D eigenvalue weighted by atomic mass is 32.2. The van der Waals surface area contributed by atoms with Gasteiger partial charge in [0, 0.05) is 21.9 Å². The quantitative estimate of drug-likeness (QED) is 0.241. The van der Waals surface area contributed by atoms with Gasteiger partial charge < -0.3 is 19.9 Å². The zero-order chi connectivity index (χ0) is 24.9. The number of thioether (sulfide) groups is 1. The molecule has 0 amide bonds. The van der Waals surface area contributed by atoms with Gasteiger partial charge in [-0.05, 0) is 116 Å². The van der Waals surface area contributed by atoms with Crippen LogP contribution in [0.5, 0.6) is 23.0 Å². The van der Waals surface area contributed by atoms with Crippen LogP contribution < -0.4 is 14.8 Å². The fourth-order valence-corrected chi connectivity index (χ4v) is 5.39. The third-order valence-corrected chi connectivity index (χ3v) is 7.59. The molecule has 4 aromatic rings. The molecule has 5 heteroatoms. The molecule has 1 aliphatic rings. The van der Waals surface area contributed by atoms with Crippen molar-refractivity contribution in [2.45, 2.75) is 43.5 Å². The lowest BCUT2D eigenvalue weighted by atomic mass is 9.96. The number of aryl methyl sites for hydroxylation is 1. The van der Waals surface area contributed by atoms with Crippen LogP contribution in [-0.4, -0.2) is 30.6 Å². The van der Waals surface area contributed by atoms with Gasteiger partial charge in [0.25, 0.3) is 0 Å². The minimum atomic E-state index is 0.242. The van der Waals surface area contributed by atoms with Crippen molar-refractivity contribution in [1.29, 1.82) is 0 Å². The number of fused-ring (bicyclic) bond motifs is 1. The molecule has 1 saturated heterocycles. The third kappa shape index (κ3) is 5.63. The minimum absolute atomic E-state index is 0.242. The summed E-state index contributed by atoms with van der Waals surface area (Å²) in [6.45, 7) is 3.96. The van der Waals surface area contributed by atoms with Gasteiger partial charge in [-0.3, -0.25) is 0 Å². The smallest absolute Gasteiger partial charge is 0.143 e. The maximum absolute atomic E-state index is 10.0. The Morgan fingerprint density at radius 1 is 0.917 bits per heavy atom. The minimum Gasteiger partial charge on any atom is -0.508 e. The topological polar surface area (TPSA) is 50.7 Å². The van der Waals surface area contributed by atoms with Gasteiger partial charge in [-0.25, -0.2) is 0 Å². The number of phenolic OH excluding ortho intramolecular Hbond substituents is 1. The van der Waals surface area contributed by atoms with E-state index in [1.807, 2.05) is 36.4 Å². The lowest BCUT2D eigenvalue weighted by Gasteiger charge is -2.23. The summed E-state index contributed by atoms with van der Waals surface area (Å²) >= 11 is 1.74. The number of benzene rings is 4. The SMILES string of the molecule is CSc1ccc(-c2ccc3cc(O)ccc3c2Oc2ccc(OCCC3CCCCN3)cc2)c(C)c1. The summed E-state index contributed by atoms with van der Waals surface area (Å²) in [5, 5.41) is 15.5. The monoisotopic (exact) mass is 499 g/mol. The molecule has 186 valence electrons. The molecule has 1 aliphatic heterocycles. The number of ether oxygens (including phenoxy) is 2. The second kappa shape index (κ2) is 11.3. The van der Waals surface area contributed by atoms with Crippen molar-refractivity contribution < 1.29 is 14.6 Å². The maximum Gasteiger partial charge on any atom is 0.143 e. The molecule has 4 aromatic carbocycles. The number of piperidine rings is 1. The molecule has 1 fully saturated rings. The second-order valence-corrected chi connectivity index (χ2v) is 10.3. The molecule has 1 unspecified atom stereocenters. The fraction of sp³-hybridized carbons (Fsp3) is 0.290. The Balaban J connectivity index is 1.40. The Bertz CT molecular complexity index is 1330. The van der Waals surface area contributed by atoms with Gasteiger partial charge in [-0.1, -0.05) is 18.6 Å². The molecular formula is C31H33NO3S. The van der Waals surface area contributed by atoms with E-state index in [1.54, 1.807) is 23.9 Å². The fourth-order valence-electron chi connectivity index (χ4n) is 4.89. The molecular weight excluding hydrogens is 466 g/mol. The Kier molecular flexibility index (Phi) is 7.69. The van der Waals surface area contributed by atoms with Crippen LogP contribution in [0.3, 0.4) is 0 Å². The standard InChI is InChI=1S/C31H33NO3S/c1-21-19-27(36-2)12-15-28(21)30-13-6-22-20-24(33)7-14-29(22)31(30)35-26-10-8-25(9-11-26)34-18-16-23-5-3-4-17-32-23/h6-15,19-20,23,32-33H,3-5,16-18H2,1-2H3. The number of phenols is 1. The third-order valence-electron chi connectivity index (χ3n) is 6.87. The van der Waals surface area contributed by atoms with Crippen LogP contribution in [-0.2, 0) is 0 Å². The average Bonchev–Trinajstić information content (AvgIpc) is 2.90. The van der Waals surface area contributed by atoms with Crippen LogP contribution in [0.1, 0.15) is 31.2 Å². The van der Waals surface area contributed by atoms with E-state index in [2.05, 4.69) is 42.8 Å². The number of rotatable bonds is 8. The van der Waals surface area contributed by atoms with E-state index in [4.69, 9.17) is 9.47 Å². The van der Waals surface area contributed by atoms with Gasteiger partial charge >= 0.3 is 0 Å². The van der Waals surface area contributed by atoms with Crippen LogP contribution in [0.15, 0.2) is 77.7 Å². The van der Waals surface area contributed by atoms with Gasteiger partial charge in [-0.15, -0.1) is 11.8 Å². The van der Waals surface area contributed by atoms with E-state index < -0.39 is 0 Å². The van der Waals surface area contributed by atoms with Gasteiger partial charge in [-0.2, -0.15) is 0 Å². The summed E-state index contributed by atoms with van der Waals surface area (Å²) in [7, 11) is 0. The summed E-state index contributed by atoms with van der Waals surface area (Å²) in [5.41, 5.74) is 3.36. The summed E-state index contributed by atoms with van der Waals surface area (Å²) in [4.78, 5) is 1.24. The van der Waals surface area contributed by atoms with E-state index in [1.165, 1.54) is 29.7 Å². The molecule has 1 heterocycles. The Morgan fingerprint density at radius 3 is 2.47 bits per heavy atom. The summed E-state index contributed by atoms with van der Waals surface area (Å²) in [6, 6.07) is 24.5. The number of nitrogens with one attached hydrogen (secondary N) is 1. The molecule has 0 radical (unpaired) electrons. The molecule has 0 aliphatic carbocycles. The molecule has 1 atom stereocenters. The zero-order valence-corrected chi connectivity index (χ0v) is 21.7. The van der Waals surface area contributed by atoms with Gasteiger partial charge in [0.05, 0.1) is 6.61 Å². The van der Waals surface area contributed by atoms with E-state index in [9.17, 15) is 5.11 Å². The van der Waals surface area contributed by atoms with Crippen LogP contribution in [0.2, 0.25) is 0 Å². The van der Waals surface area contributed by atoms with E-state index in [0.717, 1.165) is 52.1 Å². The highest BCUT2D eigenvalue weighted by Crippen LogP contribution is 2.42. The predicted octanol–water partition coefficient (Wildman–Crippen LogP) is 7.95. The molecule has 36 heavy (non-hydrogen) atoms. The van der Waals surface area contributed by atoms with Gasteiger partial charge in [0.2, 0.25) is 0 Å². The molecule has 2 N–H and O–H groups in total. The van der Waals surface area contributed by atoms with Crippen molar-refractivity contribution in [3.63, 3.8) is 0 Å². The van der Waals surface area contributed by atoms with Crippen LogP contribution in [0, 0.1) is 6.92 Å². The van der Waals surface area contributed by atoms with Crippen molar-refractivity contribution >= 4 is 22.5 Å². The Morgan fingerprint density at radius 2 is 1.72 bits per heavy atom. The van der Waals surface area contributed by atoms with Crippen LogP contribution in [0.25, 0.3) is 21.9 Å². The van der Waals surface area contributed by atoms with Crippen molar-refractivity contribution in [3.8, 4) is 34.1 Å². The highest BCUT2D eigenvalue weighted by molar-refractivity contribution is 7.98. The first-order valence-electron chi connectivity index (χ1n) is 12.7. The van der Waals surface area contributed by atoms with Gasteiger partial charge in [0.15, 0.2) is 0 Å². The summed E-state index contributed by atoms with van der Waals surface area (Å²) in [5.74, 6) is 2.62. The second-order valence-electron chi connectivity index (χ2n) is 9.39. The lowest BCUT2D eigenvalue weighted by Crippen LogP contribution is -2.35. The van der Waals surface area contributed by atoms with Gasteiger partial charge in [0.1, 0.15) is 23.0 Å². The zero-order valence-electron chi connectivity index (χ0n) is 20.9. The number of hydrogen-bond acceptors (Lipinski definition) is 5. The molecule has 0 saturated carbocycles. The molecule has 0 bridgehead atoms. The predicted molar refractivity (Wildman–Crippen MR) is 150 cm³/mol. The highest BCUT2D eigenvalue weighted by Gasteiger charge is 2.16. The first-order chi connectivity index (χ1) is 17.6. The first kappa shape index (κ1) is 24.5. The van der Waals surface area contributed by atoms with Crippen LogP contribution >= 0.6 is 11.8 Å². The number of aromatic hydroxyl groups is 1. The van der Waals surface area contributed by atoms with Crippen LogP contribution in [0.4, 0.5) is 0 Å². The normalized spacial score (nSPS) is 15.7. The number of hydrogen-bond donors (Lipinski definition) is 2. The first-order valence-corrected chi connectivity index (χ1v) is 13.9. The van der Waals surface area contributed by atoms with Crippen molar-refractivity contribution in [3.05, 3.63) is 78.4 Å². The Labute approximate surface area is 217 Å². The molecule has 5 rings (SSSR count). The molecule has 4 nitrogen and oxygen atoms in total. The van der Waals surface area contributed by atoms with E-state index in [0.29, 0.717) is 12.6 Å². The maximum atomic E-state index is 10.0. The van der Waals surface area contributed by atoms with Crippen molar-refractivity contribution in [2.75, 3.05) is 19.4 Å². The molecule has 0 spiro atoms. The Hall–Kier alpha value is -3.15. The summed E-state index contributed by atoms with van der Waals surface area (Å²) < 4.78 is 12.5. The largest absolute Gasteiger partial charge is 0.508 e. The van der Waals surface area contributed by atoms with Crippen molar-refractivity contribution in [1.82, 2.24) is 5.32 Å². The average molecular weight is 500 g/mol. The molecule has 0 aromatic heterocycles. The van der Waals surface area contributed by atoms with Crippen molar-refractivity contribution in [2.24, 2.45) is 0 Å². The lowest BCUT2D eigenvalue weighted by molar-refractivity contribution is 0.268. The van der Waals surface area contributed by atoms with E-state index >= 15 is 0 Å².